The van der Waals surface area contributed by atoms with Crippen molar-refractivity contribution in [2.24, 2.45) is 0 Å². The normalized spacial score (nSPS) is 10.8. The van der Waals surface area contributed by atoms with E-state index in [1.54, 1.807) is 36.0 Å². The van der Waals surface area contributed by atoms with Gasteiger partial charge in [-0.3, -0.25) is 0 Å². The molecule has 0 saturated heterocycles. The summed E-state index contributed by atoms with van der Waals surface area (Å²) in [5.74, 6) is -0.126. The Kier molecular flexibility index (Phi) is 6.70. The van der Waals surface area contributed by atoms with Crippen LogP contribution in [-0.2, 0) is 6.54 Å². The van der Waals surface area contributed by atoms with E-state index in [1.807, 2.05) is 25.2 Å². The number of aromatic nitrogens is 6. The third-order valence-corrected chi connectivity index (χ3v) is 5.17. The molecule has 0 aliphatic heterocycles. The number of nitrogens with one attached hydrogen (secondary N) is 2. The lowest BCUT2D eigenvalue weighted by atomic mass is 10.0. The first-order valence-corrected chi connectivity index (χ1v) is 10.6. The Morgan fingerprint density at radius 1 is 1.12 bits per heavy atom. The summed E-state index contributed by atoms with van der Waals surface area (Å²) in [7, 11) is 1.88. The monoisotopic (exact) mass is 458 g/mol. The first-order valence-electron chi connectivity index (χ1n) is 10.6. The highest BCUT2D eigenvalue weighted by Crippen LogP contribution is 2.28. The molecule has 172 valence electrons. The van der Waals surface area contributed by atoms with Gasteiger partial charge in [-0.2, -0.15) is 5.26 Å². The molecule has 4 N–H and O–H groups in total. The Balaban J connectivity index is 1.62. The molecule has 0 atom stereocenters. The quantitative estimate of drug-likeness (QED) is 0.339. The van der Waals surface area contributed by atoms with E-state index in [9.17, 15) is 9.65 Å². The van der Waals surface area contributed by atoms with Gasteiger partial charge in [0.05, 0.1) is 30.1 Å². The Bertz CT molecular complexity index is 1360. The van der Waals surface area contributed by atoms with E-state index in [0.29, 0.717) is 23.2 Å². The van der Waals surface area contributed by atoms with E-state index in [1.165, 1.54) is 0 Å². The number of rotatable bonds is 8. The summed E-state index contributed by atoms with van der Waals surface area (Å²) in [4.78, 5) is 13.0. The van der Waals surface area contributed by atoms with E-state index in [-0.39, 0.29) is 23.0 Å². The molecule has 0 aliphatic carbocycles. The predicted molar refractivity (Wildman–Crippen MR) is 126 cm³/mol. The molecule has 4 rings (SSSR count). The summed E-state index contributed by atoms with van der Waals surface area (Å²) >= 11 is 0. The van der Waals surface area contributed by atoms with Gasteiger partial charge in [0, 0.05) is 18.7 Å². The molecule has 0 amide bonds. The zero-order valence-electron chi connectivity index (χ0n) is 18.7. The molecule has 0 saturated carbocycles. The molecule has 34 heavy (non-hydrogen) atoms. The lowest BCUT2D eigenvalue weighted by molar-refractivity contribution is 0.623. The van der Waals surface area contributed by atoms with Crippen LogP contribution in [0.5, 0.6) is 0 Å². The van der Waals surface area contributed by atoms with E-state index in [0.717, 1.165) is 24.6 Å². The first-order chi connectivity index (χ1) is 16.5. The number of anilines is 2. The van der Waals surface area contributed by atoms with Gasteiger partial charge in [0.1, 0.15) is 17.2 Å². The molecular weight excluding hydrogens is 435 g/mol. The third kappa shape index (κ3) is 4.82. The van der Waals surface area contributed by atoms with Crippen LogP contribution in [0.4, 0.5) is 16.0 Å². The maximum absolute atomic E-state index is 14.9. The van der Waals surface area contributed by atoms with Gasteiger partial charge in [0.25, 0.3) is 0 Å². The summed E-state index contributed by atoms with van der Waals surface area (Å²) < 4.78 is 16.4. The van der Waals surface area contributed by atoms with Crippen LogP contribution >= 0.6 is 0 Å². The van der Waals surface area contributed by atoms with Crippen LogP contribution in [0.1, 0.15) is 16.8 Å². The third-order valence-electron chi connectivity index (χ3n) is 5.17. The molecule has 1 aromatic carbocycles. The number of nitrogens with two attached hydrogens (primary N) is 1. The van der Waals surface area contributed by atoms with Crippen molar-refractivity contribution in [3.05, 3.63) is 65.2 Å². The van der Waals surface area contributed by atoms with Crippen molar-refractivity contribution >= 4 is 11.6 Å². The summed E-state index contributed by atoms with van der Waals surface area (Å²) in [6.45, 7) is 3.68. The number of nitriles is 1. The summed E-state index contributed by atoms with van der Waals surface area (Å²) in [6.07, 6.45) is 1.58. The van der Waals surface area contributed by atoms with Crippen molar-refractivity contribution in [2.75, 3.05) is 31.2 Å². The number of hydrogen-bond acceptors (Lipinski definition) is 9. The van der Waals surface area contributed by atoms with Crippen LogP contribution in [-0.4, -0.2) is 50.1 Å². The average Bonchev–Trinajstić information content (AvgIpc) is 3.29. The lowest BCUT2D eigenvalue weighted by Gasteiger charge is -2.09. The smallest absolute Gasteiger partial charge is 0.193 e. The van der Waals surface area contributed by atoms with Crippen LogP contribution in [0.15, 0.2) is 42.6 Å². The highest BCUT2D eigenvalue weighted by Gasteiger charge is 2.19. The van der Waals surface area contributed by atoms with Crippen LogP contribution in [0.25, 0.3) is 22.8 Å². The fraction of sp³-hybridized carbons (Fsp3) is 0.217. The standard InChI is InChI=1S/C23H23FN10/c1-14-15(11-25)5-3-7-17(14)23-30-21(20(24)22(26)31-23)18-13-34(33-32-18)12-16-6-4-8-19(29-16)28-10-9-27-2/h3-8,13,27H,9-10,12H2,1-2H3,(H,28,29)(H2,26,30,31). The molecule has 0 aliphatic rings. The number of likely N-dealkylation sites (N-methyl/N-ethyl adjacent to an activating group) is 1. The number of pyridine rings is 1. The molecule has 10 nitrogen and oxygen atoms in total. The molecule has 0 fully saturated rings. The van der Waals surface area contributed by atoms with Crippen LogP contribution in [0, 0.1) is 24.1 Å². The number of halogens is 1. The highest BCUT2D eigenvalue weighted by molar-refractivity contribution is 5.69. The van der Waals surface area contributed by atoms with E-state index in [2.05, 4.69) is 42.0 Å². The molecule has 0 bridgehead atoms. The lowest BCUT2D eigenvalue weighted by Crippen LogP contribution is -2.18. The minimum absolute atomic E-state index is 0.0639. The Morgan fingerprint density at radius 3 is 2.74 bits per heavy atom. The van der Waals surface area contributed by atoms with Gasteiger partial charge in [-0.25, -0.2) is 24.0 Å². The van der Waals surface area contributed by atoms with Gasteiger partial charge in [0.2, 0.25) is 0 Å². The topological polar surface area (TPSA) is 143 Å². The second-order valence-corrected chi connectivity index (χ2v) is 7.53. The van der Waals surface area contributed by atoms with Crippen LogP contribution in [0.2, 0.25) is 0 Å². The Hall–Kier alpha value is -4.43. The maximum atomic E-state index is 14.9. The number of nitrogens with zero attached hydrogens (tertiary/aromatic N) is 7. The van der Waals surface area contributed by atoms with Gasteiger partial charge >= 0.3 is 0 Å². The molecule has 3 aromatic heterocycles. The zero-order chi connectivity index (χ0) is 24.1. The van der Waals surface area contributed by atoms with Crippen LogP contribution < -0.4 is 16.4 Å². The summed E-state index contributed by atoms with van der Waals surface area (Å²) in [5.41, 5.74) is 8.51. The van der Waals surface area contributed by atoms with E-state index >= 15 is 0 Å². The van der Waals surface area contributed by atoms with E-state index < -0.39 is 5.82 Å². The van der Waals surface area contributed by atoms with E-state index in [4.69, 9.17) is 5.73 Å². The fourth-order valence-electron chi connectivity index (χ4n) is 3.39. The molecule has 3 heterocycles. The average molecular weight is 459 g/mol. The minimum Gasteiger partial charge on any atom is -0.381 e. The van der Waals surface area contributed by atoms with Gasteiger partial charge in [-0.1, -0.05) is 23.4 Å². The predicted octanol–water partition coefficient (Wildman–Crippen LogP) is 2.38. The van der Waals surface area contributed by atoms with Crippen molar-refractivity contribution in [1.29, 1.82) is 5.26 Å². The SMILES string of the molecule is CNCCNc1cccc(Cn2cc(-c3nc(-c4cccc(C#N)c4C)nc(N)c3F)nn2)n1. The molecule has 4 aromatic rings. The molecule has 0 radical (unpaired) electrons. The molecule has 0 spiro atoms. The number of nitrogen functional groups attached to an aromatic ring is 1. The highest BCUT2D eigenvalue weighted by atomic mass is 19.1. The van der Waals surface area contributed by atoms with Crippen molar-refractivity contribution < 1.29 is 4.39 Å². The largest absolute Gasteiger partial charge is 0.381 e. The van der Waals surface area contributed by atoms with Crippen molar-refractivity contribution in [1.82, 2.24) is 35.3 Å². The fourth-order valence-corrected chi connectivity index (χ4v) is 3.39. The first kappa shape index (κ1) is 22.8. The van der Waals surface area contributed by atoms with Gasteiger partial charge < -0.3 is 16.4 Å². The Morgan fingerprint density at radius 2 is 1.94 bits per heavy atom. The maximum Gasteiger partial charge on any atom is 0.193 e. The van der Waals surface area contributed by atoms with Crippen molar-refractivity contribution in [3.63, 3.8) is 0 Å². The Labute approximate surface area is 195 Å². The molecule has 0 unspecified atom stereocenters. The minimum atomic E-state index is -0.779. The van der Waals surface area contributed by atoms with Crippen LogP contribution in [0.3, 0.4) is 0 Å². The second kappa shape index (κ2) is 10.0. The van der Waals surface area contributed by atoms with Gasteiger partial charge in [-0.15, -0.1) is 5.10 Å². The molecule has 11 heteroatoms. The van der Waals surface area contributed by atoms with Crippen molar-refractivity contribution in [2.45, 2.75) is 13.5 Å². The van der Waals surface area contributed by atoms with Gasteiger partial charge in [0.15, 0.2) is 17.5 Å². The summed E-state index contributed by atoms with van der Waals surface area (Å²) in [5, 5.41) is 23.8. The van der Waals surface area contributed by atoms with Gasteiger partial charge in [-0.05, 0) is 37.7 Å². The summed E-state index contributed by atoms with van der Waals surface area (Å²) in [6, 6.07) is 12.9. The number of hydrogen-bond donors (Lipinski definition) is 3. The van der Waals surface area contributed by atoms with Crippen molar-refractivity contribution in [3.8, 4) is 28.8 Å². The number of benzene rings is 1. The second-order valence-electron chi connectivity index (χ2n) is 7.53. The molecular formula is C23H23FN10. The zero-order valence-corrected chi connectivity index (χ0v) is 18.7.